The van der Waals surface area contributed by atoms with Crippen LogP contribution in [-0.2, 0) is 24.1 Å². The van der Waals surface area contributed by atoms with Crippen molar-refractivity contribution < 1.29 is 19.7 Å². The van der Waals surface area contributed by atoms with Gasteiger partial charge in [-0.1, -0.05) is 30.3 Å². The molecule has 0 saturated carbocycles. The van der Waals surface area contributed by atoms with Crippen LogP contribution in [0.15, 0.2) is 46.9 Å². The number of halogens is 1. The van der Waals surface area contributed by atoms with Gasteiger partial charge in [-0.05, 0) is 90.2 Å². The van der Waals surface area contributed by atoms with Crippen LogP contribution >= 0.6 is 15.9 Å². The van der Waals surface area contributed by atoms with Gasteiger partial charge >= 0.3 is 5.97 Å². The summed E-state index contributed by atoms with van der Waals surface area (Å²) in [7, 11) is 0. The van der Waals surface area contributed by atoms with Crippen molar-refractivity contribution in [3.8, 4) is 5.75 Å². The highest BCUT2D eigenvalue weighted by atomic mass is 79.9. The van der Waals surface area contributed by atoms with Gasteiger partial charge in [-0.2, -0.15) is 0 Å². The number of benzene rings is 2. The SMILES string of the molecule is CC(C)(CC1Cc2ccccc2C1)NCC(O)COc1ccc(CCC(=O)O)cc1Br. The number of carboxylic acid groups (broad SMARTS) is 1. The fourth-order valence-corrected chi connectivity index (χ4v) is 4.84. The number of ether oxygens (including phenoxy) is 1. The molecule has 2 aromatic carbocycles. The summed E-state index contributed by atoms with van der Waals surface area (Å²) in [5.74, 6) is 0.456. The molecule has 0 radical (unpaired) electrons. The Kier molecular flexibility index (Phi) is 8.14. The van der Waals surface area contributed by atoms with E-state index in [1.807, 2.05) is 18.2 Å². The second-order valence-corrected chi connectivity index (χ2v) is 9.99. The van der Waals surface area contributed by atoms with E-state index in [9.17, 15) is 9.90 Å². The van der Waals surface area contributed by atoms with Gasteiger partial charge in [0, 0.05) is 18.5 Å². The van der Waals surface area contributed by atoms with E-state index in [0.29, 0.717) is 24.6 Å². The van der Waals surface area contributed by atoms with E-state index in [0.717, 1.165) is 29.3 Å². The molecule has 0 bridgehead atoms. The Morgan fingerprint density at radius 3 is 2.52 bits per heavy atom. The lowest BCUT2D eigenvalue weighted by Gasteiger charge is -2.30. The molecule has 0 saturated heterocycles. The molecular weight excluding hydrogens is 458 g/mol. The molecule has 1 aliphatic rings. The summed E-state index contributed by atoms with van der Waals surface area (Å²) in [5.41, 5.74) is 3.80. The molecule has 6 heteroatoms. The van der Waals surface area contributed by atoms with Crippen molar-refractivity contribution in [1.29, 1.82) is 0 Å². The number of carbonyl (C=O) groups is 1. The Balaban J connectivity index is 1.41. The van der Waals surface area contributed by atoms with Gasteiger partial charge in [0.05, 0.1) is 4.47 Å². The lowest BCUT2D eigenvalue weighted by atomic mass is 9.88. The molecule has 1 atom stereocenters. The average molecular weight is 490 g/mol. The molecule has 3 N–H and O–H groups in total. The van der Waals surface area contributed by atoms with Gasteiger partial charge in [0.25, 0.3) is 0 Å². The summed E-state index contributed by atoms with van der Waals surface area (Å²) in [6.45, 7) is 5.03. The molecule has 1 aliphatic carbocycles. The van der Waals surface area contributed by atoms with E-state index < -0.39 is 12.1 Å². The summed E-state index contributed by atoms with van der Waals surface area (Å²) in [4.78, 5) is 10.7. The van der Waals surface area contributed by atoms with Gasteiger partial charge in [0.15, 0.2) is 0 Å². The van der Waals surface area contributed by atoms with Gasteiger partial charge < -0.3 is 20.3 Å². The highest BCUT2D eigenvalue weighted by Gasteiger charge is 2.28. The number of aliphatic carboxylic acids is 1. The fourth-order valence-electron chi connectivity index (χ4n) is 4.30. The van der Waals surface area contributed by atoms with Crippen LogP contribution in [0.1, 0.15) is 43.4 Å². The molecule has 31 heavy (non-hydrogen) atoms. The minimum Gasteiger partial charge on any atom is -0.490 e. The van der Waals surface area contributed by atoms with Crippen molar-refractivity contribution in [3.63, 3.8) is 0 Å². The van der Waals surface area contributed by atoms with Crippen LogP contribution in [0.25, 0.3) is 0 Å². The lowest BCUT2D eigenvalue weighted by Crippen LogP contribution is -2.46. The minimum absolute atomic E-state index is 0.0694. The fraction of sp³-hybridized carbons (Fsp3) is 0.480. The van der Waals surface area contributed by atoms with Crippen molar-refractivity contribution in [3.05, 3.63) is 63.6 Å². The molecule has 0 fully saturated rings. The van der Waals surface area contributed by atoms with E-state index in [2.05, 4.69) is 59.4 Å². The maximum Gasteiger partial charge on any atom is 0.303 e. The molecule has 1 unspecified atom stereocenters. The van der Waals surface area contributed by atoms with Gasteiger partial charge in [0.2, 0.25) is 0 Å². The molecule has 0 heterocycles. The number of aryl methyl sites for hydroxylation is 1. The number of β-amino-alcohol motifs (C(OH)–C–C–N with tert-alkyl or cyclic N) is 1. The first-order valence-corrected chi connectivity index (χ1v) is 11.6. The molecule has 3 rings (SSSR count). The Morgan fingerprint density at radius 2 is 1.90 bits per heavy atom. The third-order valence-corrected chi connectivity index (χ3v) is 6.43. The van der Waals surface area contributed by atoms with E-state index in [4.69, 9.17) is 9.84 Å². The molecule has 168 valence electrons. The maximum atomic E-state index is 10.7. The largest absolute Gasteiger partial charge is 0.490 e. The molecular formula is C25H32BrNO4. The quantitative estimate of drug-likeness (QED) is 0.436. The summed E-state index contributed by atoms with van der Waals surface area (Å²) in [6.07, 6.45) is 3.26. The normalized spacial score (nSPS) is 15.0. The first kappa shape index (κ1) is 23.8. The molecule has 0 aromatic heterocycles. The van der Waals surface area contributed by atoms with Gasteiger partial charge in [0.1, 0.15) is 18.5 Å². The molecule has 5 nitrogen and oxygen atoms in total. The molecule has 0 amide bonds. The van der Waals surface area contributed by atoms with Crippen LogP contribution in [0, 0.1) is 5.92 Å². The number of hydrogen-bond acceptors (Lipinski definition) is 4. The lowest BCUT2D eigenvalue weighted by molar-refractivity contribution is -0.136. The van der Waals surface area contributed by atoms with Crippen molar-refractivity contribution >= 4 is 21.9 Å². The number of hydrogen-bond donors (Lipinski definition) is 3. The number of nitrogens with one attached hydrogen (secondary N) is 1. The second-order valence-electron chi connectivity index (χ2n) is 9.14. The molecule has 0 aliphatic heterocycles. The van der Waals surface area contributed by atoms with Crippen LogP contribution in [-0.4, -0.2) is 41.0 Å². The van der Waals surface area contributed by atoms with Crippen molar-refractivity contribution in [2.24, 2.45) is 5.92 Å². The third kappa shape index (κ3) is 7.34. The van der Waals surface area contributed by atoms with Gasteiger partial charge in [-0.15, -0.1) is 0 Å². The van der Waals surface area contributed by atoms with Crippen LogP contribution in [0.4, 0.5) is 0 Å². The smallest absolute Gasteiger partial charge is 0.303 e. The van der Waals surface area contributed by atoms with E-state index in [1.165, 1.54) is 11.1 Å². The number of aliphatic hydroxyl groups excluding tert-OH is 1. The highest BCUT2D eigenvalue weighted by Crippen LogP contribution is 2.32. The van der Waals surface area contributed by atoms with Gasteiger partial charge in [-0.3, -0.25) is 4.79 Å². The monoisotopic (exact) mass is 489 g/mol. The third-order valence-electron chi connectivity index (χ3n) is 5.81. The Bertz CT molecular complexity index is 874. The highest BCUT2D eigenvalue weighted by molar-refractivity contribution is 9.10. The number of aliphatic hydroxyl groups is 1. The van der Waals surface area contributed by atoms with Crippen LogP contribution in [0.2, 0.25) is 0 Å². The van der Waals surface area contributed by atoms with E-state index in [-0.39, 0.29) is 18.6 Å². The number of carboxylic acids is 1. The molecule has 0 spiro atoms. The Hall–Kier alpha value is -1.89. The zero-order valence-corrected chi connectivity index (χ0v) is 19.8. The summed E-state index contributed by atoms with van der Waals surface area (Å²) in [6, 6.07) is 14.2. The van der Waals surface area contributed by atoms with Crippen LogP contribution < -0.4 is 10.1 Å². The first-order chi connectivity index (χ1) is 14.7. The standard InChI is InChI=1S/C25H32BrNO4/c1-25(2,14-18-11-19-5-3-4-6-20(19)12-18)27-15-21(28)16-31-23-9-7-17(13-22(23)26)8-10-24(29)30/h3-7,9,13,18,21,27-28H,8,10-12,14-16H2,1-2H3,(H,29,30). The van der Waals surface area contributed by atoms with Crippen LogP contribution in [0.3, 0.4) is 0 Å². The number of fused-ring (bicyclic) bond motifs is 1. The average Bonchev–Trinajstić information content (AvgIpc) is 3.11. The minimum atomic E-state index is -0.813. The zero-order chi connectivity index (χ0) is 22.4. The predicted octanol–water partition coefficient (Wildman–Crippen LogP) is 4.38. The van der Waals surface area contributed by atoms with E-state index in [1.54, 1.807) is 0 Å². The van der Waals surface area contributed by atoms with Crippen molar-refractivity contribution in [2.75, 3.05) is 13.2 Å². The summed E-state index contributed by atoms with van der Waals surface area (Å²) < 4.78 is 6.53. The van der Waals surface area contributed by atoms with Gasteiger partial charge in [-0.25, -0.2) is 0 Å². The summed E-state index contributed by atoms with van der Waals surface area (Å²) in [5, 5.41) is 22.7. The summed E-state index contributed by atoms with van der Waals surface area (Å²) >= 11 is 3.47. The second kappa shape index (κ2) is 10.6. The predicted molar refractivity (Wildman–Crippen MR) is 126 cm³/mol. The Morgan fingerprint density at radius 1 is 1.23 bits per heavy atom. The Labute approximate surface area is 193 Å². The van der Waals surface area contributed by atoms with Crippen molar-refractivity contribution in [1.82, 2.24) is 5.32 Å². The first-order valence-electron chi connectivity index (χ1n) is 10.8. The van der Waals surface area contributed by atoms with Crippen molar-refractivity contribution in [2.45, 2.75) is 57.6 Å². The maximum absolute atomic E-state index is 10.7. The molecule has 2 aromatic rings. The number of rotatable bonds is 11. The van der Waals surface area contributed by atoms with Crippen LogP contribution in [0.5, 0.6) is 5.75 Å². The zero-order valence-electron chi connectivity index (χ0n) is 18.2. The van der Waals surface area contributed by atoms with E-state index >= 15 is 0 Å². The topological polar surface area (TPSA) is 78.8 Å².